The Morgan fingerprint density at radius 2 is 2.00 bits per heavy atom. The number of hydrogen-bond acceptors (Lipinski definition) is 4. The number of benzene rings is 1. The van der Waals surface area contributed by atoms with Crippen molar-refractivity contribution in [2.24, 2.45) is 17.8 Å². The average Bonchev–Trinajstić information content (AvgIpc) is 3.16. The van der Waals surface area contributed by atoms with Crippen molar-refractivity contribution in [3.8, 4) is 6.07 Å². The fraction of sp³-hybridized carbons (Fsp3) is 0.579. The Balaban J connectivity index is 1.69. The average molecular weight is 380 g/mol. The molecular weight excluding hydrogens is 357 g/mol. The molecule has 0 aliphatic carbocycles. The quantitative estimate of drug-likeness (QED) is 0.845. The molecule has 2 heterocycles. The first kappa shape index (κ1) is 19.5. The van der Waals surface area contributed by atoms with Gasteiger partial charge in [-0.15, -0.1) is 0 Å². The van der Waals surface area contributed by atoms with Crippen LogP contribution in [0.4, 0.5) is 18.9 Å². The molecule has 1 amide bonds. The van der Waals surface area contributed by atoms with E-state index < -0.39 is 11.7 Å². The molecule has 146 valence electrons. The van der Waals surface area contributed by atoms with Gasteiger partial charge in [-0.2, -0.15) is 18.4 Å². The Morgan fingerprint density at radius 3 is 2.59 bits per heavy atom. The summed E-state index contributed by atoms with van der Waals surface area (Å²) in [5.74, 6) is 0.644. The summed E-state index contributed by atoms with van der Waals surface area (Å²) < 4.78 is 39.6. The van der Waals surface area contributed by atoms with Gasteiger partial charge < -0.3 is 15.5 Å². The Bertz CT molecular complexity index is 735. The van der Waals surface area contributed by atoms with Gasteiger partial charge in [-0.25, -0.2) is 0 Å². The van der Waals surface area contributed by atoms with Crippen molar-refractivity contribution in [3.05, 3.63) is 29.3 Å². The summed E-state index contributed by atoms with van der Waals surface area (Å²) in [5, 5.41) is 14.9. The van der Waals surface area contributed by atoms with Gasteiger partial charge in [0.15, 0.2) is 0 Å². The summed E-state index contributed by atoms with van der Waals surface area (Å²) in [6.07, 6.45) is -2.88. The number of hydrogen-bond donors (Lipinski definition) is 2. The fourth-order valence-electron chi connectivity index (χ4n) is 4.31. The molecule has 0 bridgehead atoms. The largest absolute Gasteiger partial charge is 0.417 e. The lowest BCUT2D eigenvalue weighted by molar-refractivity contribution is -0.137. The van der Waals surface area contributed by atoms with E-state index in [-0.39, 0.29) is 23.3 Å². The molecule has 27 heavy (non-hydrogen) atoms. The number of nitrogens with one attached hydrogen (secondary N) is 2. The number of piperidine rings is 1. The van der Waals surface area contributed by atoms with Crippen LogP contribution < -0.4 is 15.5 Å². The molecule has 8 heteroatoms. The first-order valence-electron chi connectivity index (χ1n) is 9.13. The Hall–Kier alpha value is -2.27. The minimum absolute atomic E-state index is 0.0432. The van der Waals surface area contributed by atoms with E-state index in [1.54, 1.807) is 19.2 Å². The summed E-state index contributed by atoms with van der Waals surface area (Å²) in [6, 6.07) is 5.51. The van der Waals surface area contributed by atoms with Crippen molar-refractivity contribution in [2.75, 3.05) is 38.1 Å². The lowest BCUT2D eigenvalue weighted by Crippen LogP contribution is -2.41. The van der Waals surface area contributed by atoms with E-state index in [0.717, 1.165) is 25.5 Å². The third-order valence-corrected chi connectivity index (χ3v) is 5.78. The molecule has 2 atom stereocenters. The maximum absolute atomic E-state index is 13.2. The SMILES string of the molecule is CNC(=O)C1CNCC1C1CCN(c2ccc(C#N)c(C(F)(F)F)c2)CC1. The molecular formula is C19H23F3N4O. The number of anilines is 1. The van der Waals surface area contributed by atoms with E-state index in [4.69, 9.17) is 5.26 Å². The Labute approximate surface area is 156 Å². The maximum Gasteiger partial charge on any atom is 0.417 e. The van der Waals surface area contributed by atoms with Crippen molar-refractivity contribution in [2.45, 2.75) is 19.0 Å². The zero-order chi connectivity index (χ0) is 19.6. The molecule has 2 aliphatic rings. The van der Waals surface area contributed by atoms with Gasteiger partial charge in [0.25, 0.3) is 0 Å². The molecule has 0 spiro atoms. The van der Waals surface area contributed by atoms with Crippen LogP contribution in [0.1, 0.15) is 24.0 Å². The van der Waals surface area contributed by atoms with E-state index in [1.165, 1.54) is 6.07 Å². The van der Waals surface area contributed by atoms with Crippen molar-refractivity contribution in [1.29, 1.82) is 5.26 Å². The fourth-order valence-corrected chi connectivity index (χ4v) is 4.31. The van der Waals surface area contributed by atoms with E-state index >= 15 is 0 Å². The van der Waals surface area contributed by atoms with Gasteiger partial charge in [0.2, 0.25) is 5.91 Å². The van der Waals surface area contributed by atoms with Crippen molar-refractivity contribution >= 4 is 11.6 Å². The number of amides is 1. The van der Waals surface area contributed by atoms with Crippen LogP contribution in [0.2, 0.25) is 0 Å². The topological polar surface area (TPSA) is 68.2 Å². The highest BCUT2D eigenvalue weighted by molar-refractivity contribution is 5.79. The summed E-state index contributed by atoms with van der Waals surface area (Å²) >= 11 is 0. The first-order valence-corrected chi connectivity index (χ1v) is 9.13. The van der Waals surface area contributed by atoms with Gasteiger partial charge >= 0.3 is 6.18 Å². The van der Waals surface area contributed by atoms with E-state index in [0.29, 0.717) is 31.2 Å². The minimum atomic E-state index is -4.55. The van der Waals surface area contributed by atoms with Crippen molar-refractivity contribution in [1.82, 2.24) is 10.6 Å². The molecule has 5 nitrogen and oxygen atoms in total. The zero-order valence-electron chi connectivity index (χ0n) is 15.1. The lowest BCUT2D eigenvalue weighted by Gasteiger charge is -2.37. The number of nitriles is 1. The molecule has 0 radical (unpaired) electrons. The van der Waals surface area contributed by atoms with Crippen LogP contribution in [0.5, 0.6) is 0 Å². The second kappa shape index (κ2) is 7.77. The predicted molar refractivity (Wildman–Crippen MR) is 95.0 cm³/mol. The van der Waals surface area contributed by atoms with Crippen molar-refractivity contribution in [3.63, 3.8) is 0 Å². The molecule has 2 fully saturated rings. The summed E-state index contributed by atoms with van der Waals surface area (Å²) in [5.41, 5.74) is -0.747. The monoisotopic (exact) mass is 380 g/mol. The van der Waals surface area contributed by atoms with E-state index in [9.17, 15) is 18.0 Å². The highest BCUT2D eigenvalue weighted by Gasteiger charge is 2.39. The van der Waals surface area contributed by atoms with Gasteiger partial charge in [0.05, 0.1) is 23.1 Å². The van der Waals surface area contributed by atoms with Gasteiger partial charge in [0, 0.05) is 32.4 Å². The smallest absolute Gasteiger partial charge is 0.372 e. The van der Waals surface area contributed by atoms with Crippen molar-refractivity contribution < 1.29 is 18.0 Å². The van der Waals surface area contributed by atoms with Crippen LogP contribution in [0.3, 0.4) is 0 Å². The van der Waals surface area contributed by atoms with E-state index in [1.807, 2.05) is 4.90 Å². The predicted octanol–water partition coefficient (Wildman–Crippen LogP) is 2.38. The molecule has 0 aromatic heterocycles. The molecule has 2 unspecified atom stereocenters. The van der Waals surface area contributed by atoms with Crippen LogP contribution in [0.25, 0.3) is 0 Å². The standard InChI is InChI=1S/C19H23F3N4O/c1-24-18(27)16-11-25-10-15(16)12-4-6-26(7-5-12)14-3-2-13(9-23)17(8-14)19(20,21)22/h2-3,8,12,15-16,25H,4-7,10-11H2,1H3,(H,24,27). The number of alkyl halides is 3. The van der Waals surface area contributed by atoms with Gasteiger partial charge in [0.1, 0.15) is 0 Å². The van der Waals surface area contributed by atoms with Crippen LogP contribution in [0.15, 0.2) is 18.2 Å². The normalized spacial score (nSPS) is 23.9. The Morgan fingerprint density at radius 1 is 1.30 bits per heavy atom. The van der Waals surface area contributed by atoms with E-state index in [2.05, 4.69) is 10.6 Å². The molecule has 1 aromatic rings. The number of carbonyl (C=O) groups excluding carboxylic acids is 1. The third kappa shape index (κ3) is 4.03. The minimum Gasteiger partial charge on any atom is -0.372 e. The van der Waals surface area contributed by atoms with Gasteiger partial charge in [-0.3, -0.25) is 4.79 Å². The van der Waals surface area contributed by atoms with Crippen LogP contribution in [-0.2, 0) is 11.0 Å². The van der Waals surface area contributed by atoms with Crippen LogP contribution in [0, 0.1) is 29.1 Å². The first-order chi connectivity index (χ1) is 12.8. The highest BCUT2D eigenvalue weighted by Crippen LogP contribution is 2.37. The number of nitrogens with zero attached hydrogens (tertiary/aromatic N) is 2. The molecule has 2 aliphatic heterocycles. The van der Waals surface area contributed by atoms with Gasteiger partial charge in [-0.1, -0.05) is 0 Å². The molecule has 2 N–H and O–H groups in total. The summed E-state index contributed by atoms with van der Waals surface area (Å²) in [7, 11) is 1.64. The van der Waals surface area contributed by atoms with Crippen LogP contribution in [-0.4, -0.2) is 39.1 Å². The second-order valence-electron chi connectivity index (χ2n) is 7.21. The summed E-state index contributed by atoms with van der Waals surface area (Å²) in [6.45, 7) is 2.77. The number of halogens is 3. The maximum atomic E-state index is 13.2. The summed E-state index contributed by atoms with van der Waals surface area (Å²) in [4.78, 5) is 14.0. The van der Waals surface area contributed by atoms with Crippen LogP contribution >= 0.6 is 0 Å². The number of rotatable bonds is 3. The number of carbonyl (C=O) groups is 1. The molecule has 0 saturated carbocycles. The molecule has 2 saturated heterocycles. The lowest BCUT2D eigenvalue weighted by atomic mass is 9.78. The third-order valence-electron chi connectivity index (χ3n) is 5.78. The molecule has 1 aromatic carbocycles. The van der Waals surface area contributed by atoms with Gasteiger partial charge in [-0.05, 0) is 49.4 Å². The zero-order valence-corrected chi connectivity index (χ0v) is 15.1. The highest BCUT2D eigenvalue weighted by atomic mass is 19.4. The molecule has 3 rings (SSSR count). The second-order valence-corrected chi connectivity index (χ2v) is 7.21. The Kier molecular flexibility index (Phi) is 5.61.